The number of benzene rings is 4. The highest BCUT2D eigenvalue weighted by atomic mass is 16.1. The molecule has 0 radical (unpaired) electrons. The summed E-state index contributed by atoms with van der Waals surface area (Å²) in [5.74, 6) is 0.0225. The van der Waals surface area contributed by atoms with Gasteiger partial charge in [-0.1, -0.05) is 60.7 Å². The summed E-state index contributed by atoms with van der Waals surface area (Å²) < 4.78 is 0. The number of hydrogen-bond donors (Lipinski definition) is 2. The van der Waals surface area contributed by atoms with Crippen LogP contribution in [0.2, 0.25) is 0 Å². The Kier molecular flexibility index (Phi) is 3.03. The van der Waals surface area contributed by atoms with Crippen molar-refractivity contribution in [1.82, 2.24) is 9.97 Å². The van der Waals surface area contributed by atoms with Crippen molar-refractivity contribution in [2.75, 3.05) is 0 Å². The van der Waals surface area contributed by atoms with Gasteiger partial charge in [-0.15, -0.1) is 0 Å². The molecule has 0 spiro atoms. The second-order valence-electron chi connectivity index (χ2n) is 7.13. The van der Waals surface area contributed by atoms with Gasteiger partial charge in [0.2, 0.25) is 0 Å². The van der Waals surface area contributed by atoms with E-state index < -0.39 is 0 Å². The van der Waals surface area contributed by atoms with Crippen LogP contribution in [0.25, 0.3) is 43.6 Å². The van der Waals surface area contributed by atoms with Crippen molar-refractivity contribution in [3.8, 4) is 0 Å². The van der Waals surface area contributed by atoms with E-state index in [9.17, 15) is 4.79 Å². The molecule has 0 atom stereocenters. The highest BCUT2D eigenvalue weighted by Crippen LogP contribution is 2.32. The summed E-state index contributed by atoms with van der Waals surface area (Å²) >= 11 is 0. The molecular weight excluding hydrogens is 344 g/mol. The molecule has 0 saturated carbocycles. The number of hydrogen-bond acceptors (Lipinski definition) is 1. The first-order valence-corrected chi connectivity index (χ1v) is 9.35. The molecule has 6 rings (SSSR count). The third-order valence-corrected chi connectivity index (χ3v) is 5.57. The van der Waals surface area contributed by atoms with E-state index in [1.807, 2.05) is 60.7 Å². The molecule has 0 aliphatic heterocycles. The number of aromatic amines is 2. The summed E-state index contributed by atoms with van der Waals surface area (Å²) in [5, 5.41) is 4.42. The number of H-pyrrole nitrogens is 2. The minimum atomic E-state index is 0.0225. The first kappa shape index (κ1) is 15.2. The molecule has 0 aliphatic rings. The second-order valence-corrected chi connectivity index (χ2v) is 7.13. The van der Waals surface area contributed by atoms with Crippen LogP contribution in [0.15, 0.2) is 84.9 Å². The van der Waals surface area contributed by atoms with Crippen molar-refractivity contribution in [2.24, 2.45) is 0 Å². The SMILES string of the molecule is O=C(c1cccc2c1[nH]c1ccccc12)c1cccc2c1[nH]c1ccccc12. The number of ketones is 1. The molecule has 0 saturated heterocycles. The predicted molar refractivity (Wildman–Crippen MR) is 115 cm³/mol. The predicted octanol–water partition coefficient (Wildman–Crippen LogP) is 6.19. The quantitative estimate of drug-likeness (QED) is 0.356. The first-order chi connectivity index (χ1) is 13.8. The van der Waals surface area contributed by atoms with Gasteiger partial charge in [0.25, 0.3) is 0 Å². The number of rotatable bonds is 2. The van der Waals surface area contributed by atoms with Gasteiger partial charge in [0.15, 0.2) is 5.78 Å². The lowest BCUT2D eigenvalue weighted by Crippen LogP contribution is -2.03. The van der Waals surface area contributed by atoms with Crippen LogP contribution >= 0.6 is 0 Å². The molecule has 2 heterocycles. The molecule has 2 N–H and O–H groups in total. The third kappa shape index (κ3) is 2.01. The fourth-order valence-electron chi connectivity index (χ4n) is 4.27. The zero-order chi connectivity index (χ0) is 18.7. The van der Waals surface area contributed by atoms with E-state index in [4.69, 9.17) is 0 Å². The maximum Gasteiger partial charge on any atom is 0.197 e. The average molecular weight is 360 g/mol. The van der Waals surface area contributed by atoms with E-state index in [2.05, 4.69) is 34.2 Å². The molecular formula is C25H16N2O. The average Bonchev–Trinajstić information content (AvgIpc) is 3.31. The maximum absolute atomic E-state index is 13.6. The van der Waals surface area contributed by atoms with E-state index in [1.54, 1.807) is 0 Å². The highest BCUT2D eigenvalue weighted by molar-refractivity contribution is 6.25. The van der Waals surface area contributed by atoms with Crippen molar-refractivity contribution in [3.05, 3.63) is 96.1 Å². The lowest BCUT2D eigenvalue weighted by molar-refractivity contribution is 0.104. The molecule has 2 aromatic heterocycles. The molecule has 28 heavy (non-hydrogen) atoms. The standard InChI is InChI=1S/C25H16N2O/c28-25(19-11-5-9-17-15-7-1-3-13-21(15)26-23(17)19)20-12-6-10-18-16-8-2-4-14-22(16)27-24(18)20/h1-14,26-27H. The zero-order valence-electron chi connectivity index (χ0n) is 15.0. The van der Waals surface area contributed by atoms with Gasteiger partial charge in [0, 0.05) is 43.7 Å². The zero-order valence-corrected chi connectivity index (χ0v) is 15.0. The molecule has 0 amide bonds. The van der Waals surface area contributed by atoms with E-state index in [-0.39, 0.29) is 5.78 Å². The molecule has 3 heteroatoms. The third-order valence-electron chi connectivity index (χ3n) is 5.57. The minimum absolute atomic E-state index is 0.0225. The number of fused-ring (bicyclic) bond motifs is 6. The fraction of sp³-hybridized carbons (Fsp3) is 0. The topological polar surface area (TPSA) is 48.6 Å². The van der Waals surface area contributed by atoms with Crippen LogP contribution in [0.4, 0.5) is 0 Å². The number of aromatic nitrogens is 2. The molecule has 0 unspecified atom stereocenters. The summed E-state index contributed by atoms with van der Waals surface area (Å²) in [5.41, 5.74) is 5.26. The fourth-order valence-corrected chi connectivity index (χ4v) is 4.27. The van der Waals surface area contributed by atoms with E-state index >= 15 is 0 Å². The smallest absolute Gasteiger partial charge is 0.197 e. The Morgan fingerprint density at radius 1 is 0.500 bits per heavy atom. The van der Waals surface area contributed by atoms with Gasteiger partial charge in [-0.2, -0.15) is 0 Å². The first-order valence-electron chi connectivity index (χ1n) is 9.35. The molecule has 4 aromatic carbocycles. The Bertz CT molecular complexity index is 1420. The number of carbonyl (C=O) groups excluding carboxylic acids is 1. The van der Waals surface area contributed by atoms with E-state index in [0.29, 0.717) is 11.1 Å². The van der Waals surface area contributed by atoms with Gasteiger partial charge in [0.05, 0.1) is 11.0 Å². The van der Waals surface area contributed by atoms with Gasteiger partial charge in [0.1, 0.15) is 0 Å². The Morgan fingerprint density at radius 2 is 0.929 bits per heavy atom. The summed E-state index contributed by atoms with van der Waals surface area (Å²) in [7, 11) is 0. The Morgan fingerprint density at radius 3 is 1.43 bits per heavy atom. The van der Waals surface area contributed by atoms with Crippen molar-refractivity contribution in [2.45, 2.75) is 0 Å². The largest absolute Gasteiger partial charge is 0.354 e. The van der Waals surface area contributed by atoms with E-state index in [1.165, 1.54) is 0 Å². The maximum atomic E-state index is 13.6. The monoisotopic (exact) mass is 360 g/mol. The summed E-state index contributed by atoms with van der Waals surface area (Å²) in [6.07, 6.45) is 0. The summed E-state index contributed by atoms with van der Waals surface area (Å²) in [6, 6.07) is 28.2. The van der Waals surface area contributed by atoms with Gasteiger partial charge in [-0.05, 0) is 24.3 Å². The molecule has 0 aliphatic carbocycles. The van der Waals surface area contributed by atoms with Gasteiger partial charge in [-0.3, -0.25) is 4.79 Å². The Balaban J connectivity index is 1.63. The van der Waals surface area contributed by atoms with Gasteiger partial charge in [-0.25, -0.2) is 0 Å². The van der Waals surface area contributed by atoms with Crippen LogP contribution in [-0.2, 0) is 0 Å². The molecule has 132 valence electrons. The van der Waals surface area contributed by atoms with Crippen LogP contribution in [0.3, 0.4) is 0 Å². The van der Waals surface area contributed by atoms with Crippen LogP contribution in [-0.4, -0.2) is 15.8 Å². The summed E-state index contributed by atoms with van der Waals surface area (Å²) in [4.78, 5) is 20.5. The Labute approximate surface area is 160 Å². The number of nitrogens with one attached hydrogen (secondary N) is 2. The second kappa shape index (κ2) is 5.57. The lowest BCUT2D eigenvalue weighted by Gasteiger charge is -2.05. The number of carbonyl (C=O) groups is 1. The molecule has 3 nitrogen and oxygen atoms in total. The molecule has 0 bridgehead atoms. The number of para-hydroxylation sites is 4. The molecule has 6 aromatic rings. The van der Waals surface area contributed by atoms with Gasteiger partial charge >= 0.3 is 0 Å². The van der Waals surface area contributed by atoms with Crippen molar-refractivity contribution in [1.29, 1.82) is 0 Å². The van der Waals surface area contributed by atoms with Crippen LogP contribution < -0.4 is 0 Å². The van der Waals surface area contributed by atoms with Crippen molar-refractivity contribution < 1.29 is 4.79 Å². The van der Waals surface area contributed by atoms with Crippen LogP contribution in [0, 0.1) is 0 Å². The molecule has 0 fully saturated rings. The lowest BCUT2D eigenvalue weighted by atomic mass is 9.98. The van der Waals surface area contributed by atoms with Crippen molar-refractivity contribution >= 4 is 49.4 Å². The Hall–Kier alpha value is -3.85. The highest BCUT2D eigenvalue weighted by Gasteiger charge is 2.19. The van der Waals surface area contributed by atoms with Crippen LogP contribution in [0.1, 0.15) is 15.9 Å². The minimum Gasteiger partial charge on any atom is -0.354 e. The van der Waals surface area contributed by atoms with E-state index in [0.717, 1.165) is 43.6 Å². The van der Waals surface area contributed by atoms with Crippen LogP contribution in [0.5, 0.6) is 0 Å². The van der Waals surface area contributed by atoms with Gasteiger partial charge < -0.3 is 9.97 Å². The normalized spacial score (nSPS) is 11.7. The van der Waals surface area contributed by atoms with Crippen molar-refractivity contribution in [3.63, 3.8) is 0 Å². The summed E-state index contributed by atoms with van der Waals surface area (Å²) in [6.45, 7) is 0.